The van der Waals surface area contributed by atoms with Crippen LogP contribution in [0, 0.1) is 13.8 Å². The molecule has 0 atom stereocenters. The van der Waals surface area contributed by atoms with Gasteiger partial charge in [-0.15, -0.1) is 11.3 Å². The molecule has 0 saturated heterocycles. The minimum absolute atomic E-state index is 0.146. The molecule has 0 bridgehead atoms. The molecule has 0 spiro atoms. The molecule has 2 aliphatic rings. The summed E-state index contributed by atoms with van der Waals surface area (Å²) in [6, 6.07) is 0.341. The summed E-state index contributed by atoms with van der Waals surface area (Å²) in [7, 11) is 2.03. The lowest BCUT2D eigenvalue weighted by atomic mass is 10.1. The monoisotopic (exact) mass is 358 g/mol. The van der Waals surface area contributed by atoms with Gasteiger partial charge in [-0.3, -0.25) is 9.48 Å². The number of aromatic nitrogens is 3. The molecular weight excluding hydrogens is 332 g/mol. The van der Waals surface area contributed by atoms with Crippen LogP contribution in [0.4, 0.5) is 0 Å². The van der Waals surface area contributed by atoms with E-state index in [9.17, 15) is 4.79 Å². The number of thiazole rings is 1. The predicted octanol–water partition coefficient (Wildman–Crippen LogP) is 3.57. The molecule has 2 aliphatic carbocycles. The topological polar surface area (TPSA) is 51.0 Å². The van der Waals surface area contributed by atoms with Gasteiger partial charge in [0.05, 0.1) is 22.9 Å². The van der Waals surface area contributed by atoms with Crippen molar-refractivity contribution in [1.29, 1.82) is 0 Å². The maximum atomic E-state index is 13.3. The molecule has 1 amide bonds. The second-order valence-corrected chi connectivity index (χ2v) is 8.57. The lowest BCUT2D eigenvalue weighted by molar-refractivity contribution is 0.0665. The Morgan fingerprint density at radius 3 is 2.68 bits per heavy atom. The summed E-state index contributed by atoms with van der Waals surface area (Å²) in [5, 5.41) is 5.72. The summed E-state index contributed by atoms with van der Waals surface area (Å²) < 4.78 is 2.02. The average Bonchev–Trinajstić information content (AvgIpc) is 3.32. The van der Waals surface area contributed by atoms with Gasteiger partial charge in [-0.25, -0.2) is 4.98 Å². The Hall–Kier alpha value is -1.69. The van der Waals surface area contributed by atoms with Crippen LogP contribution in [0.5, 0.6) is 0 Å². The Kier molecular flexibility index (Phi) is 4.40. The van der Waals surface area contributed by atoms with Crippen molar-refractivity contribution in [3.63, 3.8) is 0 Å². The minimum Gasteiger partial charge on any atom is -0.329 e. The first-order valence-corrected chi connectivity index (χ1v) is 10.1. The number of hydrogen-bond acceptors (Lipinski definition) is 4. The van der Waals surface area contributed by atoms with E-state index in [0.29, 0.717) is 12.6 Å². The van der Waals surface area contributed by atoms with Gasteiger partial charge in [-0.1, -0.05) is 12.8 Å². The Morgan fingerprint density at radius 2 is 2.00 bits per heavy atom. The van der Waals surface area contributed by atoms with E-state index in [4.69, 9.17) is 5.10 Å². The smallest absolute Gasteiger partial charge is 0.266 e. The Labute approximate surface area is 153 Å². The molecular formula is C19H26N4OS. The summed E-state index contributed by atoms with van der Waals surface area (Å²) in [5.74, 6) is 0.146. The third-order valence-electron chi connectivity index (χ3n) is 5.64. The Balaban J connectivity index is 1.66. The number of nitrogens with zero attached hydrogens (tertiary/aromatic N) is 4. The van der Waals surface area contributed by atoms with Crippen LogP contribution in [-0.2, 0) is 26.4 Å². The Morgan fingerprint density at radius 1 is 1.24 bits per heavy atom. The van der Waals surface area contributed by atoms with Gasteiger partial charge in [0.15, 0.2) is 0 Å². The summed E-state index contributed by atoms with van der Waals surface area (Å²) >= 11 is 1.52. The molecule has 2 aromatic heterocycles. The molecule has 2 heterocycles. The molecule has 25 heavy (non-hydrogen) atoms. The van der Waals surface area contributed by atoms with Crippen LogP contribution < -0.4 is 0 Å². The molecule has 0 aliphatic heterocycles. The van der Waals surface area contributed by atoms with Crippen molar-refractivity contribution < 1.29 is 4.79 Å². The van der Waals surface area contributed by atoms with Crippen molar-refractivity contribution in [3.8, 4) is 0 Å². The summed E-state index contributed by atoms with van der Waals surface area (Å²) in [6.45, 7) is 4.56. The van der Waals surface area contributed by atoms with E-state index in [1.54, 1.807) is 0 Å². The second-order valence-electron chi connectivity index (χ2n) is 7.37. The first kappa shape index (κ1) is 16.8. The zero-order valence-corrected chi connectivity index (χ0v) is 16.2. The Bertz CT molecular complexity index is 801. The van der Waals surface area contributed by atoms with E-state index in [-0.39, 0.29) is 5.91 Å². The van der Waals surface area contributed by atoms with Gasteiger partial charge >= 0.3 is 0 Å². The highest BCUT2D eigenvalue weighted by Crippen LogP contribution is 2.31. The van der Waals surface area contributed by atoms with Crippen molar-refractivity contribution in [2.75, 3.05) is 0 Å². The highest BCUT2D eigenvalue weighted by molar-refractivity contribution is 7.13. The van der Waals surface area contributed by atoms with E-state index in [1.807, 2.05) is 25.6 Å². The zero-order valence-electron chi connectivity index (χ0n) is 15.3. The van der Waals surface area contributed by atoms with Crippen LogP contribution in [0.1, 0.15) is 69.4 Å². The molecule has 0 aromatic carbocycles. The number of amides is 1. The quantitative estimate of drug-likeness (QED) is 0.839. The maximum absolute atomic E-state index is 13.3. The standard InChI is InChI=1S/C19H26N4OS/c1-12-18(25-13(2)20-12)19(24)23(14-7-4-5-8-14)11-16-15-9-6-10-17(15)22(3)21-16/h14H,4-11H2,1-3H3. The van der Waals surface area contributed by atoms with Crippen LogP contribution in [0.3, 0.4) is 0 Å². The fourth-order valence-electron chi connectivity index (χ4n) is 4.43. The second kappa shape index (κ2) is 6.56. The maximum Gasteiger partial charge on any atom is 0.266 e. The third kappa shape index (κ3) is 3.01. The summed E-state index contributed by atoms with van der Waals surface area (Å²) in [4.78, 5) is 20.7. The van der Waals surface area contributed by atoms with Gasteiger partial charge < -0.3 is 4.90 Å². The van der Waals surface area contributed by atoms with Gasteiger partial charge in [0, 0.05) is 18.8 Å². The highest BCUT2D eigenvalue weighted by Gasteiger charge is 2.32. The summed E-state index contributed by atoms with van der Waals surface area (Å²) in [6.07, 6.45) is 8.08. The van der Waals surface area contributed by atoms with Crippen LogP contribution in [0.2, 0.25) is 0 Å². The van der Waals surface area contributed by atoms with Gasteiger partial charge in [0.1, 0.15) is 4.88 Å². The predicted molar refractivity (Wildman–Crippen MR) is 99.0 cm³/mol. The van der Waals surface area contributed by atoms with Crippen molar-refractivity contribution in [1.82, 2.24) is 19.7 Å². The largest absolute Gasteiger partial charge is 0.329 e. The van der Waals surface area contributed by atoms with Crippen LogP contribution in [-0.4, -0.2) is 31.6 Å². The molecule has 0 radical (unpaired) electrons. The number of rotatable bonds is 4. The number of hydrogen-bond donors (Lipinski definition) is 0. The normalized spacial score (nSPS) is 17.2. The van der Waals surface area contributed by atoms with E-state index < -0.39 is 0 Å². The molecule has 134 valence electrons. The number of carbonyl (C=O) groups is 1. The first-order valence-electron chi connectivity index (χ1n) is 9.33. The highest BCUT2D eigenvalue weighted by atomic mass is 32.1. The lowest BCUT2D eigenvalue weighted by Gasteiger charge is -2.28. The minimum atomic E-state index is 0.146. The van der Waals surface area contributed by atoms with Gasteiger partial charge in [0.25, 0.3) is 5.91 Å². The molecule has 2 aromatic rings. The van der Waals surface area contributed by atoms with Crippen molar-refractivity contribution in [3.05, 3.63) is 32.5 Å². The van der Waals surface area contributed by atoms with Crippen molar-refractivity contribution in [2.45, 2.75) is 71.4 Å². The molecule has 5 nitrogen and oxygen atoms in total. The van der Waals surface area contributed by atoms with E-state index in [1.165, 1.54) is 41.9 Å². The average molecular weight is 359 g/mol. The van der Waals surface area contributed by atoms with Gasteiger partial charge in [-0.2, -0.15) is 5.10 Å². The van der Waals surface area contributed by atoms with Gasteiger partial charge in [-0.05, 0) is 51.5 Å². The third-order valence-corrected chi connectivity index (χ3v) is 6.70. The molecule has 4 rings (SSSR count). The SMILES string of the molecule is Cc1nc(C)c(C(=O)N(Cc2nn(C)c3c2CCC3)C2CCCC2)s1. The van der Waals surface area contributed by atoms with Crippen LogP contribution >= 0.6 is 11.3 Å². The number of aryl methyl sites for hydroxylation is 3. The van der Waals surface area contributed by atoms with E-state index in [2.05, 4.69) is 9.88 Å². The van der Waals surface area contributed by atoms with E-state index in [0.717, 1.165) is 47.0 Å². The summed E-state index contributed by atoms with van der Waals surface area (Å²) in [5.41, 5.74) is 4.71. The fraction of sp³-hybridized carbons (Fsp3) is 0.632. The van der Waals surface area contributed by atoms with Crippen molar-refractivity contribution >= 4 is 17.2 Å². The van der Waals surface area contributed by atoms with Crippen LogP contribution in [0.15, 0.2) is 0 Å². The van der Waals surface area contributed by atoms with Crippen molar-refractivity contribution in [2.24, 2.45) is 7.05 Å². The van der Waals surface area contributed by atoms with E-state index >= 15 is 0 Å². The van der Waals surface area contributed by atoms with Crippen LogP contribution in [0.25, 0.3) is 0 Å². The zero-order chi connectivity index (χ0) is 17.6. The molecule has 1 fully saturated rings. The number of carbonyl (C=O) groups excluding carboxylic acids is 1. The number of fused-ring (bicyclic) bond motifs is 1. The molecule has 0 N–H and O–H groups in total. The lowest BCUT2D eigenvalue weighted by Crippen LogP contribution is -2.38. The molecule has 1 saturated carbocycles. The molecule has 6 heteroatoms. The first-order chi connectivity index (χ1) is 12.0. The molecule has 0 unspecified atom stereocenters. The van der Waals surface area contributed by atoms with Gasteiger partial charge in [0.2, 0.25) is 0 Å². The fourth-order valence-corrected chi connectivity index (χ4v) is 5.30.